The van der Waals surface area contributed by atoms with Crippen LogP contribution in [-0.2, 0) is 11.4 Å². The van der Waals surface area contributed by atoms with Gasteiger partial charge in [0.15, 0.2) is 11.6 Å². The van der Waals surface area contributed by atoms with Crippen LogP contribution in [0.25, 0.3) is 5.78 Å². The maximum atomic E-state index is 13.8. The lowest BCUT2D eigenvalue weighted by atomic mass is 9.72. The Morgan fingerprint density at radius 2 is 1.89 bits per heavy atom. The second-order valence-electron chi connectivity index (χ2n) is 9.49. The van der Waals surface area contributed by atoms with Gasteiger partial charge in [0.2, 0.25) is 5.78 Å². The fourth-order valence-corrected chi connectivity index (χ4v) is 5.07. The number of fused-ring (bicyclic) bond motifs is 1. The van der Waals surface area contributed by atoms with Crippen LogP contribution in [0.3, 0.4) is 0 Å². The molecule has 0 bridgehead atoms. The molecule has 10 heteroatoms. The van der Waals surface area contributed by atoms with E-state index in [4.69, 9.17) is 4.84 Å². The molecule has 5 heterocycles. The van der Waals surface area contributed by atoms with Crippen LogP contribution in [0.2, 0.25) is 0 Å². The lowest BCUT2D eigenvalue weighted by molar-refractivity contribution is -0.0274. The number of rotatable bonds is 7. The Hall–Kier alpha value is -3.92. The molecule has 2 saturated heterocycles. The topological polar surface area (TPSA) is 71.2 Å². The van der Waals surface area contributed by atoms with Gasteiger partial charge in [0.25, 0.3) is 0 Å². The Morgan fingerprint density at radius 1 is 1.03 bits per heavy atom. The normalized spacial score (nSPS) is 17.3. The summed E-state index contributed by atoms with van der Waals surface area (Å²) in [6, 6.07) is 7.49. The second kappa shape index (κ2) is 8.94. The molecule has 1 spiro atoms. The van der Waals surface area contributed by atoms with Crippen LogP contribution in [0.15, 0.2) is 66.5 Å². The summed E-state index contributed by atoms with van der Waals surface area (Å²) in [6.07, 6.45) is 9.44. The van der Waals surface area contributed by atoms with Gasteiger partial charge >= 0.3 is 0 Å². The number of anilines is 1. The molecule has 184 valence electrons. The number of likely N-dealkylation sites (tertiary alicyclic amines) is 1. The van der Waals surface area contributed by atoms with Crippen LogP contribution in [0.5, 0.6) is 0 Å². The average molecular weight is 490 g/mol. The first-order valence-corrected chi connectivity index (χ1v) is 11.9. The molecule has 36 heavy (non-hydrogen) atoms. The van der Waals surface area contributed by atoms with Gasteiger partial charge in [0, 0.05) is 68.5 Å². The van der Waals surface area contributed by atoms with E-state index < -0.39 is 11.6 Å². The van der Waals surface area contributed by atoms with E-state index in [1.54, 1.807) is 19.3 Å². The Kier molecular flexibility index (Phi) is 5.60. The smallest absolute Gasteiger partial charge is 0.233 e. The summed E-state index contributed by atoms with van der Waals surface area (Å²) in [5.74, 6) is -1.13. The van der Waals surface area contributed by atoms with Gasteiger partial charge in [-0.15, -0.1) is 0 Å². The van der Waals surface area contributed by atoms with E-state index in [2.05, 4.69) is 36.1 Å². The molecule has 0 saturated carbocycles. The molecule has 0 aliphatic carbocycles. The predicted octanol–water partition coefficient (Wildman–Crippen LogP) is 3.51. The molecule has 2 fully saturated rings. The van der Waals surface area contributed by atoms with E-state index in [0.29, 0.717) is 34.8 Å². The van der Waals surface area contributed by atoms with Crippen LogP contribution in [0.1, 0.15) is 23.7 Å². The number of halogens is 2. The minimum absolute atomic E-state index is 0.335. The molecule has 0 atom stereocenters. The van der Waals surface area contributed by atoms with Crippen LogP contribution < -0.4 is 4.90 Å². The molecular weight excluding hydrogens is 464 g/mol. The molecule has 0 radical (unpaired) electrons. The van der Waals surface area contributed by atoms with Crippen molar-refractivity contribution in [2.75, 3.05) is 37.7 Å². The molecule has 3 aromatic heterocycles. The fraction of sp³-hybridized carbons (Fsp3) is 0.308. The highest BCUT2D eigenvalue weighted by Gasteiger charge is 2.51. The minimum Gasteiger partial charge on any atom is -0.396 e. The number of nitrogens with zero attached hydrogens (tertiary/aromatic N) is 7. The van der Waals surface area contributed by atoms with Crippen molar-refractivity contribution in [3.63, 3.8) is 0 Å². The molecule has 8 nitrogen and oxygen atoms in total. The summed E-state index contributed by atoms with van der Waals surface area (Å²) in [4.78, 5) is 23.1. The van der Waals surface area contributed by atoms with Crippen LogP contribution in [0.4, 0.5) is 14.5 Å². The first-order chi connectivity index (χ1) is 17.5. The highest BCUT2D eigenvalue weighted by Crippen LogP contribution is 2.42. The minimum atomic E-state index is -0.937. The van der Waals surface area contributed by atoms with Crippen molar-refractivity contribution in [2.24, 2.45) is 10.6 Å². The van der Waals surface area contributed by atoms with Crippen molar-refractivity contribution in [3.8, 4) is 0 Å². The van der Waals surface area contributed by atoms with E-state index in [1.165, 1.54) is 6.07 Å². The summed E-state index contributed by atoms with van der Waals surface area (Å²) in [5.41, 5.74) is 3.85. The number of aromatic nitrogens is 4. The third kappa shape index (κ3) is 4.17. The van der Waals surface area contributed by atoms with Crippen molar-refractivity contribution in [3.05, 3.63) is 89.8 Å². The van der Waals surface area contributed by atoms with E-state index in [0.717, 1.165) is 56.1 Å². The van der Waals surface area contributed by atoms with Crippen molar-refractivity contribution >= 4 is 17.2 Å². The lowest BCUT2D eigenvalue weighted by Crippen LogP contribution is -2.72. The number of oxime groups is 1. The maximum absolute atomic E-state index is 13.8. The highest BCUT2D eigenvalue weighted by atomic mass is 19.2. The average Bonchev–Trinajstić information content (AvgIpc) is 3.31. The van der Waals surface area contributed by atoms with Crippen molar-refractivity contribution in [2.45, 2.75) is 13.5 Å². The molecule has 0 unspecified atom stereocenters. The SMILES string of the molecule is CCO/N=C(\c1ccc(F)c(F)c1)c1ccc(CN2CC3(C2)CN(c2cnc4nccn4c2)C3)cn1. The van der Waals surface area contributed by atoms with Crippen molar-refractivity contribution in [1.29, 1.82) is 0 Å². The lowest BCUT2D eigenvalue weighted by Gasteiger charge is -2.61. The summed E-state index contributed by atoms with van der Waals surface area (Å²) < 4.78 is 29.1. The van der Waals surface area contributed by atoms with Gasteiger partial charge in [-0.2, -0.15) is 0 Å². The zero-order valence-electron chi connectivity index (χ0n) is 19.8. The monoisotopic (exact) mass is 489 g/mol. The molecule has 2 aliphatic rings. The van der Waals surface area contributed by atoms with Crippen molar-refractivity contribution in [1.82, 2.24) is 24.3 Å². The molecular formula is C26H25F2N7O. The number of hydrogen-bond acceptors (Lipinski definition) is 7. The van der Waals surface area contributed by atoms with Crippen LogP contribution >= 0.6 is 0 Å². The number of pyridine rings is 1. The predicted molar refractivity (Wildman–Crippen MR) is 131 cm³/mol. The number of hydrogen-bond donors (Lipinski definition) is 0. The van der Waals surface area contributed by atoms with E-state index in [9.17, 15) is 8.78 Å². The molecule has 1 aromatic carbocycles. The maximum Gasteiger partial charge on any atom is 0.233 e. The molecule has 4 aromatic rings. The largest absolute Gasteiger partial charge is 0.396 e. The Labute approximate surface area is 206 Å². The molecule has 6 rings (SSSR count). The van der Waals surface area contributed by atoms with Crippen LogP contribution in [0, 0.1) is 17.0 Å². The van der Waals surface area contributed by atoms with E-state index in [-0.39, 0.29) is 0 Å². The van der Waals surface area contributed by atoms with Gasteiger partial charge in [-0.1, -0.05) is 11.2 Å². The van der Waals surface area contributed by atoms with Gasteiger partial charge < -0.3 is 9.74 Å². The van der Waals surface area contributed by atoms with Crippen LogP contribution in [-0.4, -0.2) is 62.8 Å². The summed E-state index contributed by atoms with van der Waals surface area (Å²) in [7, 11) is 0. The summed E-state index contributed by atoms with van der Waals surface area (Å²) in [5, 5.41) is 4.10. The Morgan fingerprint density at radius 3 is 2.64 bits per heavy atom. The first kappa shape index (κ1) is 22.5. The van der Waals surface area contributed by atoms with Gasteiger partial charge in [-0.25, -0.2) is 18.7 Å². The summed E-state index contributed by atoms with van der Waals surface area (Å²) >= 11 is 0. The standard InChI is InChI=1S/C26H25F2N7O/c1-2-36-32-24(19-4-5-21(27)22(28)9-19)23-6-3-18(10-30-23)12-33-14-26(15-33)16-35(17-26)20-11-31-25-29-7-8-34(25)13-20/h3-11,13H,2,12,14-17H2,1H3/b32-24+. The number of imidazole rings is 1. The van der Waals surface area contributed by atoms with Crippen molar-refractivity contribution < 1.29 is 13.6 Å². The molecule has 2 aliphatic heterocycles. The second-order valence-corrected chi connectivity index (χ2v) is 9.49. The summed E-state index contributed by atoms with van der Waals surface area (Å²) in [6.45, 7) is 7.09. The van der Waals surface area contributed by atoms with Gasteiger partial charge in [-0.05, 0) is 36.8 Å². The van der Waals surface area contributed by atoms with E-state index >= 15 is 0 Å². The third-order valence-corrected chi connectivity index (χ3v) is 6.72. The zero-order chi connectivity index (χ0) is 24.7. The molecule has 0 N–H and O–H groups in total. The quantitative estimate of drug-likeness (QED) is 0.292. The first-order valence-electron chi connectivity index (χ1n) is 11.9. The Balaban J connectivity index is 1.07. The van der Waals surface area contributed by atoms with E-state index in [1.807, 2.05) is 28.9 Å². The van der Waals surface area contributed by atoms with Gasteiger partial charge in [0.05, 0.1) is 17.6 Å². The Bertz CT molecular complexity index is 1420. The fourth-order valence-electron chi connectivity index (χ4n) is 5.07. The van der Waals surface area contributed by atoms with Gasteiger partial charge in [-0.3, -0.25) is 14.3 Å². The third-order valence-electron chi connectivity index (χ3n) is 6.72. The molecule has 0 amide bonds. The number of benzene rings is 1. The highest BCUT2D eigenvalue weighted by molar-refractivity contribution is 6.11. The zero-order valence-corrected chi connectivity index (χ0v) is 19.8. The van der Waals surface area contributed by atoms with Gasteiger partial charge in [0.1, 0.15) is 12.3 Å².